The molecule has 0 amide bonds. The van der Waals surface area contributed by atoms with Crippen LogP contribution in [0.1, 0.15) is 6.42 Å². The van der Waals surface area contributed by atoms with Crippen molar-refractivity contribution in [3.63, 3.8) is 0 Å². The number of aliphatic carboxylic acids is 3. The maximum atomic E-state index is 10.1. The first-order valence-electron chi connectivity index (χ1n) is 3.17. The van der Waals surface area contributed by atoms with Crippen molar-refractivity contribution < 1.29 is 123 Å². The van der Waals surface area contributed by atoms with Crippen LogP contribution in [0.25, 0.3) is 0 Å². The molecule has 0 aliphatic rings. The van der Waals surface area contributed by atoms with Crippen LogP contribution in [0.2, 0.25) is 0 Å². The zero-order valence-electron chi connectivity index (χ0n) is 9.39. The molecule has 0 aliphatic heterocycles. The minimum Gasteiger partial charge on any atom is -0.550 e. The average molecular weight is 259 g/mol. The third kappa shape index (κ3) is 15.4. The predicted molar refractivity (Wildman–Crippen MR) is 32.0 cm³/mol. The summed E-state index contributed by atoms with van der Waals surface area (Å²) in [7, 11) is 0. The summed E-state index contributed by atoms with van der Waals surface area (Å²) in [6.45, 7) is -0.897. The molecule has 0 aromatic carbocycles. The van der Waals surface area contributed by atoms with Crippen LogP contribution in [0.3, 0.4) is 0 Å². The van der Waals surface area contributed by atoms with Crippen molar-refractivity contribution in [1.29, 1.82) is 0 Å². The molecule has 0 aromatic heterocycles. The third-order valence-electron chi connectivity index (χ3n) is 1.02. The fraction of sp³-hybridized carbons (Fsp3) is 0.500. The zero-order chi connectivity index (χ0) is 10.4. The summed E-state index contributed by atoms with van der Waals surface area (Å²) in [4.78, 5) is 30.0. The molecule has 1 N–H and O–H groups in total. The van der Waals surface area contributed by atoms with Gasteiger partial charge < -0.3 is 29.6 Å². The van der Waals surface area contributed by atoms with E-state index in [1.807, 2.05) is 0 Å². The van der Waals surface area contributed by atoms with E-state index in [0.717, 1.165) is 0 Å². The zero-order valence-corrected chi connectivity index (χ0v) is 15.4. The van der Waals surface area contributed by atoms with Gasteiger partial charge in [0, 0.05) is 12.4 Å². The van der Waals surface area contributed by atoms with Crippen LogP contribution in [0.15, 0.2) is 0 Å². The second kappa shape index (κ2) is 14.4. The third-order valence-corrected chi connectivity index (χ3v) is 1.02. The van der Waals surface area contributed by atoms with E-state index in [1.165, 1.54) is 0 Å². The molecule has 0 saturated heterocycles. The van der Waals surface area contributed by atoms with Gasteiger partial charge in [-0.25, -0.2) is 4.79 Å². The van der Waals surface area contributed by atoms with Gasteiger partial charge in [-0.2, -0.15) is 0 Å². The Balaban J connectivity index is -0.000000240. The molecule has 10 heteroatoms. The summed E-state index contributed by atoms with van der Waals surface area (Å²) in [6.07, 6.45) is -2.73. The molecule has 0 aromatic rings. The van der Waals surface area contributed by atoms with Crippen LogP contribution in [-0.4, -0.2) is 35.7 Å². The van der Waals surface area contributed by atoms with E-state index in [2.05, 4.69) is 4.74 Å². The maximum absolute atomic E-state index is 10.1. The van der Waals surface area contributed by atoms with Gasteiger partial charge in [-0.15, -0.1) is 0 Å². The normalized spacial score (nSPS) is 9.75. The number of carboxylic acids is 3. The van der Waals surface area contributed by atoms with E-state index in [4.69, 9.17) is 5.11 Å². The van der Waals surface area contributed by atoms with Gasteiger partial charge in [-0.05, 0) is 0 Å². The topological polar surface area (TPSA) is 127 Å². The molecular weight excluding hydrogens is 253 g/mol. The molecule has 0 radical (unpaired) electrons. The standard InChI is InChI=1S/C6H8O7.3Na/c7-4(8)1-3(6(11)12)13-2-5(9)10;;;/h3H,1-2H2,(H,7,8)(H,9,10)(H,11,12);;;/q;3*+1/p-2. The first-order valence-corrected chi connectivity index (χ1v) is 3.17. The van der Waals surface area contributed by atoms with Gasteiger partial charge in [0.15, 0.2) is 0 Å². The molecule has 1 unspecified atom stereocenters. The number of carbonyl (C=O) groups is 3. The van der Waals surface area contributed by atoms with E-state index in [9.17, 15) is 24.6 Å². The molecule has 74 valence electrons. The minimum absolute atomic E-state index is 0. The van der Waals surface area contributed by atoms with Gasteiger partial charge in [-0.1, -0.05) is 0 Å². The van der Waals surface area contributed by atoms with Crippen molar-refractivity contribution in [3.8, 4) is 0 Å². The van der Waals surface area contributed by atoms with Crippen molar-refractivity contribution in [1.82, 2.24) is 0 Å². The Kier molecular flexibility index (Phi) is 23.5. The molecule has 0 spiro atoms. The fourth-order valence-electron chi connectivity index (χ4n) is 0.534. The van der Waals surface area contributed by atoms with E-state index < -0.39 is 37.0 Å². The molecule has 16 heavy (non-hydrogen) atoms. The molecule has 0 heterocycles. The number of carbonyl (C=O) groups excluding carboxylic acids is 2. The van der Waals surface area contributed by atoms with Gasteiger partial charge in [0.1, 0.15) is 12.7 Å². The first-order chi connectivity index (χ1) is 5.93. The van der Waals surface area contributed by atoms with Gasteiger partial charge in [-0.3, -0.25) is 0 Å². The number of rotatable bonds is 6. The Labute approximate surface area is 158 Å². The monoisotopic (exact) mass is 259 g/mol. The van der Waals surface area contributed by atoms with Gasteiger partial charge >= 0.3 is 94.6 Å². The molecule has 0 saturated carbocycles. The molecule has 0 rings (SSSR count). The van der Waals surface area contributed by atoms with Gasteiger partial charge in [0.25, 0.3) is 0 Å². The van der Waals surface area contributed by atoms with Crippen molar-refractivity contribution in [2.75, 3.05) is 6.61 Å². The average Bonchev–Trinajstić information content (AvgIpc) is 1.96. The number of hydrogen-bond donors (Lipinski definition) is 1. The number of ether oxygens (including phenoxy) is 1. The predicted octanol–water partition coefficient (Wildman–Crippen LogP) is -12.6. The van der Waals surface area contributed by atoms with Crippen molar-refractivity contribution in [2.24, 2.45) is 0 Å². The molecule has 7 nitrogen and oxygen atoms in total. The van der Waals surface area contributed by atoms with Gasteiger partial charge in [0.2, 0.25) is 0 Å². The Morgan fingerprint density at radius 3 is 1.81 bits per heavy atom. The Morgan fingerprint density at radius 2 is 1.56 bits per heavy atom. The summed E-state index contributed by atoms with van der Waals surface area (Å²) in [5, 5.41) is 28.1. The van der Waals surface area contributed by atoms with Gasteiger partial charge in [0.05, 0.1) is 5.97 Å². The summed E-state index contributed by atoms with van der Waals surface area (Å²) in [5.41, 5.74) is 0. The van der Waals surface area contributed by atoms with Crippen LogP contribution in [0, 0.1) is 0 Å². The quantitative estimate of drug-likeness (QED) is 0.469. The van der Waals surface area contributed by atoms with Crippen LogP contribution in [0.5, 0.6) is 0 Å². The van der Waals surface area contributed by atoms with Crippen LogP contribution in [-0.2, 0) is 19.1 Å². The van der Waals surface area contributed by atoms with E-state index in [-0.39, 0.29) is 88.7 Å². The number of hydrogen-bond acceptors (Lipinski definition) is 6. The second-order valence-electron chi connectivity index (χ2n) is 2.09. The van der Waals surface area contributed by atoms with E-state index in [0.29, 0.717) is 0 Å². The summed E-state index contributed by atoms with van der Waals surface area (Å²) < 4.78 is 4.19. The number of carboxylic acid groups (broad SMARTS) is 3. The van der Waals surface area contributed by atoms with E-state index >= 15 is 0 Å². The smallest absolute Gasteiger partial charge is 0.550 e. The Hall–Kier alpha value is 1.37. The SMILES string of the molecule is O=C([O-])CC(OCC(=O)O)C(=O)[O-].[Na+].[Na+].[Na+]. The van der Waals surface area contributed by atoms with Crippen LogP contribution in [0.4, 0.5) is 0 Å². The van der Waals surface area contributed by atoms with Crippen molar-refractivity contribution in [2.45, 2.75) is 12.5 Å². The molecule has 0 bridgehead atoms. The summed E-state index contributed by atoms with van der Waals surface area (Å²) >= 11 is 0. The van der Waals surface area contributed by atoms with Crippen molar-refractivity contribution >= 4 is 17.9 Å². The Bertz CT molecular complexity index is 232. The molecule has 1 atom stereocenters. The first kappa shape index (κ1) is 26.0. The maximum Gasteiger partial charge on any atom is 1.00 e. The minimum atomic E-state index is -1.79. The van der Waals surface area contributed by atoms with Crippen molar-refractivity contribution in [3.05, 3.63) is 0 Å². The summed E-state index contributed by atoms with van der Waals surface area (Å²) in [5.74, 6) is -4.84. The Morgan fingerprint density at radius 1 is 1.12 bits per heavy atom. The van der Waals surface area contributed by atoms with E-state index in [1.54, 1.807) is 0 Å². The molecular formula is C6H6Na3O7+. The summed E-state index contributed by atoms with van der Waals surface area (Å²) in [6, 6.07) is 0. The second-order valence-corrected chi connectivity index (χ2v) is 2.09. The fourth-order valence-corrected chi connectivity index (χ4v) is 0.534. The van der Waals surface area contributed by atoms with Crippen LogP contribution >= 0.6 is 0 Å². The van der Waals surface area contributed by atoms with Crippen LogP contribution < -0.4 is 98.9 Å². The largest absolute Gasteiger partial charge is 1.00 e. The molecule has 0 fully saturated rings. The molecule has 0 aliphatic carbocycles.